The average molecular weight is 221 g/mol. The van der Waals surface area contributed by atoms with E-state index in [0.29, 0.717) is 0 Å². The largest absolute Gasteiger partial charge is 0.497 e. The van der Waals surface area contributed by atoms with Crippen LogP contribution in [0.5, 0.6) is 5.75 Å². The van der Waals surface area contributed by atoms with Gasteiger partial charge in [-0.2, -0.15) is 0 Å². The minimum atomic E-state index is 0.125. The predicted octanol–water partition coefficient (Wildman–Crippen LogP) is 2.27. The zero-order chi connectivity index (χ0) is 11.4. The summed E-state index contributed by atoms with van der Waals surface area (Å²) in [6, 6.07) is 7.88. The molecule has 3 heteroatoms. The monoisotopic (exact) mass is 221 g/mol. The third-order valence-electron chi connectivity index (χ3n) is 3.51. The number of ether oxygens (including phenoxy) is 1. The number of benzene rings is 1. The Labute approximate surface area is 96.4 Å². The Morgan fingerprint density at radius 3 is 2.44 bits per heavy atom. The van der Waals surface area contributed by atoms with Crippen LogP contribution in [-0.2, 0) is 0 Å². The first-order chi connectivity index (χ1) is 7.78. The van der Waals surface area contributed by atoms with Gasteiger partial charge < -0.3 is 15.2 Å². The second-order valence-electron chi connectivity index (χ2n) is 4.59. The highest BCUT2D eigenvalue weighted by atomic mass is 16.5. The summed E-state index contributed by atoms with van der Waals surface area (Å²) in [6.07, 6.45) is 3.50. The lowest BCUT2D eigenvalue weighted by molar-refractivity contribution is 0.0576. The molecule has 88 valence electrons. The summed E-state index contributed by atoms with van der Waals surface area (Å²) in [5.41, 5.74) is 1.21. The number of nitrogens with one attached hydrogen (secondary N) is 1. The maximum Gasteiger partial charge on any atom is 0.119 e. The van der Waals surface area contributed by atoms with E-state index >= 15 is 0 Å². The highest BCUT2D eigenvalue weighted by molar-refractivity contribution is 5.46. The Balaban J connectivity index is 1.89. The molecule has 0 amide bonds. The van der Waals surface area contributed by atoms with E-state index in [4.69, 9.17) is 4.74 Å². The molecule has 0 bridgehead atoms. The molecule has 1 fully saturated rings. The summed E-state index contributed by atoms with van der Waals surface area (Å²) in [4.78, 5) is 0. The molecule has 1 aromatic rings. The highest BCUT2D eigenvalue weighted by Gasteiger charge is 2.35. The van der Waals surface area contributed by atoms with Crippen molar-refractivity contribution < 1.29 is 9.84 Å². The van der Waals surface area contributed by atoms with Crippen LogP contribution in [0.3, 0.4) is 0 Å². The molecule has 2 N–H and O–H groups in total. The van der Waals surface area contributed by atoms with Crippen molar-refractivity contribution in [2.45, 2.75) is 19.3 Å². The van der Waals surface area contributed by atoms with Crippen molar-refractivity contribution in [1.29, 1.82) is 0 Å². The number of anilines is 1. The third kappa shape index (κ3) is 2.30. The van der Waals surface area contributed by atoms with Gasteiger partial charge >= 0.3 is 0 Å². The van der Waals surface area contributed by atoms with Crippen molar-refractivity contribution in [3.05, 3.63) is 24.3 Å². The predicted molar refractivity (Wildman–Crippen MR) is 64.9 cm³/mol. The highest BCUT2D eigenvalue weighted by Crippen LogP contribution is 2.40. The van der Waals surface area contributed by atoms with Crippen LogP contribution in [0.2, 0.25) is 0 Å². The number of rotatable bonds is 5. The number of aliphatic hydroxyl groups is 1. The van der Waals surface area contributed by atoms with Crippen molar-refractivity contribution >= 4 is 5.69 Å². The molecule has 1 aromatic carbocycles. The van der Waals surface area contributed by atoms with Crippen molar-refractivity contribution in [2.75, 3.05) is 25.6 Å². The summed E-state index contributed by atoms with van der Waals surface area (Å²) < 4.78 is 5.10. The third-order valence-corrected chi connectivity index (χ3v) is 3.51. The van der Waals surface area contributed by atoms with Gasteiger partial charge in [0.1, 0.15) is 5.75 Å². The second-order valence-corrected chi connectivity index (χ2v) is 4.59. The SMILES string of the molecule is COc1ccc(NCC2(CO)CCC2)cc1. The first-order valence-electron chi connectivity index (χ1n) is 5.77. The van der Waals surface area contributed by atoms with Gasteiger partial charge in [-0.05, 0) is 37.1 Å². The second kappa shape index (κ2) is 4.74. The molecule has 0 radical (unpaired) electrons. The first kappa shape index (κ1) is 11.3. The fourth-order valence-electron chi connectivity index (χ4n) is 2.07. The van der Waals surface area contributed by atoms with E-state index in [0.717, 1.165) is 30.8 Å². The molecule has 2 rings (SSSR count). The molecule has 0 spiro atoms. The van der Waals surface area contributed by atoms with Crippen LogP contribution in [0.25, 0.3) is 0 Å². The lowest BCUT2D eigenvalue weighted by Crippen LogP contribution is -2.39. The van der Waals surface area contributed by atoms with Gasteiger partial charge in [0.05, 0.1) is 13.7 Å². The Morgan fingerprint density at radius 2 is 2.00 bits per heavy atom. The van der Waals surface area contributed by atoms with E-state index in [1.807, 2.05) is 24.3 Å². The minimum Gasteiger partial charge on any atom is -0.497 e. The van der Waals surface area contributed by atoms with Gasteiger partial charge in [0.2, 0.25) is 0 Å². The molecule has 16 heavy (non-hydrogen) atoms. The molecule has 1 saturated carbocycles. The number of aliphatic hydroxyl groups excluding tert-OH is 1. The molecule has 0 aromatic heterocycles. The normalized spacial score (nSPS) is 17.6. The quantitative estimate of drug-likeness (QED) is 0.801. The molecular weight excluding hydrogens is 202 g/mol. The van der Waals surface area contributed by atoms with E-state index in [-0.39, 0.29) is 12.0 Å². The van der Waals surface area contributed by atoms with Crippen LogP contribution >= 0.6 is 0 Å². The molecule has 0 atom stereocenters. The maximum atomic E-state index is 9.34. The zero-order valence-corrected chi connectivity index (χ0v) is 9.70. The summed E-state index contributed by atoms with van der Waals surface area (Å²) in [5, 5.41) is 12.7. The Kier molecular flexibility index (Phi) is 3.34. The smallest absolute Gasteiger partial charge is 0.119 e. The van der Waals surface area contributed by atoms with E-state index < -0.39 is 0 Å². The van der Waals surface area contributed by atoms with Crippen LogP contribution in [-0.4, -0.2) is 25.4 Å². The molecular formula is C13H19NO2. The van der Waals surface area contributed by atoms with E-state index in [1.165, 1.54) is 6.42 Å². The van der Waals surface area contributed by atoms with Crippen molar-refractivity contribution in [3.8, 4) is 5.75 Å². The summed E-state index contributed by atoms with van der Waals surface area (Å²) in [7, 11) is 1.66. The zero-order valence-electron chi connectivity index (χ0n) is 9.70. The fourth-order valence-corrected chi connectivity index (χ4v) is 2.07. The summed E-state index contributed by atoms with van der Waals surface area (Å²) in [6.45, 7) is 1.14. The summed E-state index contributed by atoms with van der Waals surface area (Å²) in [5.74, 6) is 0.867. The molecule has 3 nitrogen and oxygen atoms in total. The molecule has 0 heterocycles. The van der Waals surface area contributed by atoms with Gasteiger partial charge in [0.25, 0.3) is 0 Å². The summed E-state index contributed by atoms with van der Waals surface area (Å²) >= 11 is 0. The molecule has 0 unspecified atom stereocenters. The average Bonchev–Trinajstić information content (AvgIpc) is 2.29. The molecule has 0 aliphatic heterocycles. The van der Waals surface area contributed by atoms with Gasteiger partial charge in [0.15, 0.2) is 0 Å². The number of methoxy groups -OCH3 is 1. The molecule has 1 aliphatic rings. The topological polar surface area (TPSA) is 41.5 Å². The van der Waals surface area contributed by atoms with Gasteiger partial charge in [-0.1, -0.05) is 6.42 Å². The number of hydrogen-bond acceptors (Lipinski definition) is 3. The lowest BCUT2D eigenvalue weighted by Gasteiger charge is -2.40. The van der Waals surface area contributed by atoms with Gasteiger partial charge in [-0.15, -0.1) is 0 Å². The van der Waals surface area contributed by atoms with Crippen LogP contribution in [0.1, 0.15) is 19.3 Å². The van der Waals surface area contributed by atoms with Crippen LogP contribution in [0.4, 0.5) is 5.69 Å². The molecule has 1 aliphatic carbocycles. The molecule has 0 saturated heterocycles. The van der Waals surface area contributed by atoms with E-state index in [2.05, 4.69) is 5.32 Å². The Hall–Kier alpha value is -1.22. The lowest BCUT2D eigenvalue weighted by atomic mass is 9.69. The van der Waals surface area contributed by atoms with Gasteiger partial charge in [-0.25, -0.2) is 0 Å². The van der Waals surface area contributed by atoms with Gasteiger partial charge in [-0.3, -0.25) is 0 Å². The Morgan fingerprint density at radius 1 is 1.31 bits per heavy atom. The van der Waals surface area contributed by atoms with Crippen molar-refractivity contribution in [2.24, 2.45) is 5.41 Å². The van der Waals surface area contributed by atoms with Crippen LogP contribution < -0.4 is 10.1 Å². The minimum absolute atomic E-state index is 0.125. The van der Waals surface area contributed by atoms with Crippen LogP contribution in [0, 0.1) is 5.41 Å². The van der Waals surface area contributed by atoms with Crippen molar-refractivity contribution in [1.82, 2.24) is 0 Å². The standard InChI is InChI=1S/C13H19NO2/c1-16-12-5-3-11(4-6-12)14-9-13(10-15)7-2-8-13/h3-6,14-15H,2,7-10H2,1H3. The van der Waals surface area contributed by atoms with E-state index in [9.17, 15) is 5.11 Å². The number of hydrogen-bond donors (Lipinski definition) is 2. The van der Waals surface area contributed by atoms with E-state index in [1.54, 1.807) is 7.11 Å². The Bertz CT molecular complexity index is 325. The first-order valence-corrected chi connectivity index (χ1v) is 5.77. The maximum absolute atomic E-state index is 9.34. The van der Waals surface area contributed by atoms with Crippen molar-refractivity contribution in [3.63, 3.8) is 0 Å². The van der Waals surface area contributed by atoms with Gasteiger partial charge in [0, 0.05) is 17.6 Å². The fraction of sp³-hybridized carbons (Fsp3) is 0.538. The van der Waals surface area contributed by atoms with Crippen LogP contribution in [0.15, 0.2) is 24.3 Å².